The maximum atomic E-state index is 9.62. The van der Waals surface area contributed by atoms with Crippen LogP contribution in [0.4, 0.5) is 0 Å². The fraction of sp³-hybridized carbons (Fsp3) is 0.438. The third kappa shape index (κ3) is 5.81. The molecule has 3 aromatic rings. The molecule has 6 rings (SSSR count). The van der Waals surface area contributed by atoms with Crippen molar-refractivity contribution in [2.75, 3.05) is 32.8 Å². The number of likely N-dealkylation sites (tertiary alicyclic amines) is 1. The number of hydrogen-bond donors (Lipinski definition) is 2. The summed E-state index contributed by atoms with van der Waals surface area (Å²) in [5, 5.41) is 9.62. The van der Waals surface area contributed by atoms with E-state index in [-0.39, 0.29) is 24.7 Å². The molecule has 3 heterocycles. The van der Waals surface area contributed by atoms with Gasteiger partial charge in [0.25, 0.3) is 0 Å². The lowest BCUT2D eigenvalue weighted by Gasteiger charge is -2.46. The van der Waals surface area contributed by atoms with Gasteiger partial charge in [0.2, 0.25) is 0 Å². The molecule has 4 unspecified atom stereocenters. The van der Waals surface area contributed by atoms with Crippen molar-refractivity contribution in [2.24, 2.45) is 5.73 Å². The molecule has 0 radical (unpaired) electrons. The van der Waals surface area contributed by atoms with Gasteiger partial charge in [-0.15, -0.1) is 0 Å². The first-order valence-corrected chi connectivity index (χ1v) is 14.0. The third-order valence-corrected chi connectivity index (χ3v) is 8.33. The minimum absolute atomic E-state index is 0.0133. The van der Waals surface area contributed by atoms with E-state index in [1.54, 1.807) is 0 Å². The standard InChI is InChI=1S/C32H38N2O5/c33-20-23-6-12-27(13-7-23)31-38-28(21-34-16-14-32(15-17-34)36-18-19-37-32)29(25-4-2-1-3-5-25)30(39-31)26-10-8-24(22-35)9-11-26/h1-13,28-31,35H,14-22,33H2. The summed E-state index contributed by atoms with van der Waals surface area (Å²) in [5.41, 5.74) is 11.0. The SMILES string of the molecule is NCc1ccc(C2OC(CN3CCC4(CC3)OCCO4)C(c3ccccc3)C(c3ccc(CO)cc3)O2)cc1. The number of benzene rings is 3. The summed E-state index contributed by atoms with van der Waals surface area (Å²) in [6, 6.07) is 26.8. The molecular weight excluding hydrogens is 492 g/mol. The number of nitrogens with zero attached hydrogens (tertiary/aromatic N) is 1. The van der Waals surface area contributed by atoms with Crippen LogP contribution in [0.5, 0.6) is 0 Å². The van der Waals surface area contributed by atoms with Gasteiger partial charge in [-0.2, -0.15) is 0 Å². The molecule has 3 fully saturated rings. The molecule has 206 valence electrons. The van der Waals surface area contributed by atoms with E-state index in [1.165, 1.54) is 5.56 Å². The minimum Gasteiger partial charge on any atom is -0.392 e. The van der Waals surface area contributed by atoms with Crippen molar-refractivity contribution < 1.29 is 24.1 Å². The quantitative estimate of drug-likeness (QED) is 0.468. The highest BCUT2D eigenvalue weighted by Crippen LogP contribution is 2.47. The Balaban J connectivity index is 1.32. The molecule has 0 aliphatic carbocycles. The first kappa shape index (κ1) is 26.6. The predicted octanol–water partition coefficient (Wildman–Crippen LogP) is 4.42. The average Bonchev–Trinajstić information content (AvgIpc) is 3.46. The normalized spacial score (nSPS) is 27.1. The fourth-order valence-electron chi connectivity index (χ4n) is 6.09. The van der Waals surface area contributed by atoms with E-state index in [1.807, 2.05) is 30.3 Å². The van der Waals surface area contributed by atoms with Crippen LogP contribution in [0.2, 0.25) is 0 Å². The number of nitrogens with two attached hydrogens (primary N) is 1. The van der Waals surface area contributed by atoms with Crippen LogP contribution < -0.4 is 5.73 Å². The highest BCUT2D eigenvalue weighted by molar-refractivity contribution is 5.32. The van der Waals surface area contributed by atoms with E-state index >= 15 is 0 Å². The van der Waals surface area contributed by atoms with Crippen LogP contribution in [-0.2, 0) is 32.1 Å². The van der Waals surface area contributed by atoms with Crippen molar-refractivity contribution in [1.82, 2.24) is 4.90 Å². The van der Waals surface area contributed by atoms with Crippen molar-refractivity contribution in [3.63, 3.8) is 0 Å². The summed E-state index contributed by atoms with van der Waals surface area (Å²) in [6.45, 7) is 4.44. The van der Waals surface area contributed by atoms with E-state index < -0.39 is 12.1 Å². The molecule has 3 aliphatic rings. The highest BCUT2D eigenvalue weighted by Gasteiger charge is 2.45. The number of aliphatic hydroxyl groups is 1. The molecule has 3 saturated heterocycles. The lowest BCUT2D eigenvalue weighted by molar-refractivity contribution is -0.265. The molecular formula is C32H38N2O5. The Morgan fingerprint density at radius 2 is 1.41 bits per heavy atom. The molecule has 7 nitrogen and oxygen atoms in total. The van der Waals surface area contributed by atoms with Crippen LogP contribution in [-0.4, -0.2) is 54.7 Å². The van der Waals surface area contributed by atoms with E-state index in [0.717, 1.165) is 54.7 Å². The monoisotopic (exact) mass is 530 g/mol. The molecule has 1 spiro atoms. The Labute approximate surface area is 230 Å². The number of aliphatic hydroxyl groups excluding tert-OH is 1. The largest absolute Gasteiger partial charge is 0.392 e. The van der Waals surface area contributed by atoms with Crippen LogP contribution in [0.3, 0.4) is 0 Å². The Morgan fingerprint density at radius 3 is 2.05 bits per heavy atom. The summed E-state index contributed by atoms with van der Waals surface area (Å²) < 4.78 is 25.6. The van der Waals surface area contributed by atoms with E-state index in [9.17, 15) is 5.11 Å². The number of hydrogen-bond acceptors (Lipinski definition) is 7. The maximum absolute atomic E-state index is 9.62. The number of ether oxygens (including phenoxy) is 4. The van der Waals surface area contributed by atoms with Gasteiger partial charge in [-0.3, -0.25) is 0 Å². The second-order valence-corrected chi connectivity index (χ2v) is 10.8. The first-order valence-electron chi connectivity index (χ1n) is 14.0. The molecule has 4 atom stereocenters. The van der Waals surface area contributed by atoms with E-state index in [4.69, 9.17) is 24.7 Å². The highest BCUT2D eigenvalue weighted by atomic mass is 16.7. The van der Waals surface area contributed by atoms with Crippen LogP contribution in [0.15, 0.2) is 78.9 Å². The number of rotatable bonds is 7. The molecule has 0 aromatic heterocycles. The summed E-state index contributed by atoms with van der Waals surface area (Å²) in [6.07, 6.45) is 0.879. The zero-order valence-corrected chi connectivity index (χ0v) is 22.3. The first-order chi connectivity index (χ1) is 19.2. The lowest BCUT2D eigenvalue weighted by Crippen LogP contribution is -2.50. The van der Waals surface area contributed by atoms with Gasteiger partial charge in [0.15, 0.2) is 12.1 Å². The molecule has 0 saturated carbocycles. The predicted molar refractivity (Wildman–Crippen MR) is 148 cm³/mol. The van der Waals surface area contributed by atoms with E-state index in [2.05, 4.69) is 53.4 Å². The van der Waals surface area contributed by atoms with Crippen molar-refractivity contribution >= 4 is 0 Å². The molecule has 0 amide bonds. The molecule has 3 N–H and O–H groups in total. The van der Waals surface area contributed by atoms with Crippen molar-refractivity contribution in [2.45, 2.75) is 56.2 Å². The summed E-state index contributed by atoms with van der Waals surface area (Å²) >= 11 is 0. The Hall–Kier alpha value is -2.62. The lowest BCUT2D eigenvalue weighted by atomic mass is 9.83. The van der Waals surface area contributed by atoms with Gasteiger partial charge in [0, 0.05) is 50.5 Å². The topological polar surface area (TPSA) is 86.4 Å². The van der Waals surface area contributed by atoms with Gasteiger partial charge >= 0.3 is 0 Å². The number of piperidine rings is 1. The van der Waals surface area contributed by atoms with Gasteiger partial charge < -0.3 is 34.7 Å². The van der Waals surface area contributed by atoms with Crippen LogP contribution in [0.25, 0.3) is 0 Å². The Kier molecular flexibility index (Phi) is 8.09. The second-order valence-electron chi connectivity index (χ2n) is 10.8. The molecule has 3 aliphatic heterocycles. The molecule has 0 bridgehead atoms. The zero-order chi connectivity index (χ0) is 26.7. The minimum atomic E-state index is -0.512. The van der Waals surface area contributed by atoms with Gasteiger partial charge in [-0.05, 0) is 22.3 Å². The summed E-state index contributed by atoms with van der Waals surface area (Å²) in [4.78, 5) is 2.47. The molecule has 3 aromatic carbocycles. The zero-order valence-electron chi connectivity index (χ0n) is 22.3. The third-order valence-electron chi connectivity index (χ3n) is 8.33. The van der Waals surface area contributed by atoms with Crippen molar-refractivity contribution in [3.8, 4) is 0 Å². The Bertz CT molecular complexity index is 1190. The fourth-order valence-corrected chi connectivity index (χ4v) is 6.09. The summed E-state index contributed by atoms with van der Waals surface area (Å²) in [5.74, 6) is -0.420. The maximum Gasteiger partial charge on any atom is 0.184 e. The Morgan fingerprint density at radius 1 is 0.769 bits per heavy atom. The van der Waals surface area contributed by atoms with Crippen LogP contribution in [0.1, 0.15) is 59.0 Å². The summed E-state index contributed by atoms with van der Waals surface area (Å²) in [7, 11) is 0. The van der Waals surface area contributed by atoms with Gasteiger partial charge in [-0.25, -0.2) is 0 Å². The van der Waals surface area contributed by atoms with Gasteiger partial charge in [0.05, 0.1) is 32.0 Å². The second kappa shape index (κ2) is 11.9. The molecule has 7 heteroatoms. The molecule has 39 heavy (non-hydrogen) atoms. The van der Waals surface area contributed by atoms with Crippen LogP contribution in [0, 0.1) is 0 Å². The van der Waals surface area contributed by atoms with Gasteiger partial charge in [0.1, 0.15) is 0 Å². The average molecular weight is 531 g/mol. The van der Waals surface area contributed by atoms with Gasteiger partial charge in [-0.1, -0.05) is 78.9 Å². The van der Waals surface area contributed by atoms with Crippen LogP contribution >= 0.6 is 0 Å². The van der Waals surface area contributed by atoms with Crippen molar-refractivity contribution in [3.05, 3.63) is 107 Å². The van der Waals surface area contributed by atoms with E-state index in [0.29, 0.717) is 19.8 Å². The smallest absolute Gasteiger partial charge is 0.184 e. The van der Waals surface area contributed by atoms with Crippen molar-refractivity contribution in [1.29, 1.82) is 0 Å².